The summed E-state index contributed by atoms with van der Waals surface area (Å²) < 4.78 is 9.56. The molecule has 0 aromatic heterocycles. The van der Waals surface area contributed by atoms with E-state index in [9.17, 15) is 9.59 Å². The van der Waals surface area contributed by atoms with Crippen molar-refractivity contribution < 1.29 is 19.1 Å². The van der Waals surface area contributed by atoms with Crippen LogP contribution < -0.4 is 0 Å². The van der Waals surface area contributed by atoms with Gasteiger partial charge in [0.1, 0.15) is 0 Å². The van der Waals surface area contributed by atoms with Crippen LogP contribution in [0.2, 0.25) is 0 Å². The highest BCUT2D eigenvalue weighted by Gasteiger charge is 2.28. The van der Waals surface area contributed by atoms with Crippen molar-refractivity contribution in [1.82, 2.24) is 0 Å². The molecule has 0 aromatic rings. The molecular formula is C9H10O4. The van der Waals surface area contributed by atoms with E-state index in [1.807, 2.05) is 0 Å². The summed E-state index contributed by atoms with van der Waals surface area (Å²) in [6.07, 6.45) is 1.24. The summed E-state index contributed by atoms with van der Waals surface area (Å²) in [5, 5.41) is 0. The molecule has 0 atom stereocenters. The monoisotopic (exact) mass is 184 g/mol. The van der Waals surface area contributed by atoms with Crippen molar-refractivity contribution >= 4 is 11.6 Å². The Bertz CT molecular complexity index is 323. The second kappa shape index (κ2) is 3.43. The molecule has 0 saturated heterocycles. The minimum absolute atomic E-state index is 0.0208. The number of allylic oxidation sites excluding steroid dienone is 2. The van der Waals surface area contributed by atoms with Gasteiger partial charge in [-0.2, -0.15) is 0 Å². The van der Waals surface area contributed by atoms with Gasteiger partial charge in [0, 0.05) is 5.57 Å². The molecule has 0 fully saturated rings. The lowest BCUT2D eigenvalue weighted by Gasteiger charge is -2.14. The largest absolute Gasteiger partial charge is 0.490 e. The van der Waals surface area contributed by atoms with Gasteiger partial charge in [0.25, 0.3) is 0 Å². The highest BCUT2D eigenvalue weighted by atomic mass is 16.5. The minimum atomic E-state index is -0.337. The molecule has 1 aliphatic rings. The molecule has 0 aliphatic heterocycles. The van der Waals surface area contributed by atoms with Gasteiger partial charge in [-0.25, -0.2) is 0 Å². The number of methoxy groups -OCH3 is 2. The standard InChI is InChI=1S/C9H10O4/c1-5-4-6(10)8(12-2)9(13-3)7(5)11/h4H,1-3H3/i4+1,5+1. The van der Waals surface area contributed by atoms with E-state index in [2.05, 4.69) is 0 Å². The highest BCUT2D eigenvalue weighted by Crippen LogP contribution is 2.19. The number of hydrogen-bond donors (Lipinski definition) is 0. The summed E-state index contributed by atoms with van der Waals surface area (Å²) >= 11 is 0. The first-order valence-corrected chi connectivity index (χ1v) is 3.71. The summed E-state index contributed by atoms with van der Waals surface area (Å²) in [6.45, 7) is 1.56. The number of ketones is 2. The Morgan fingerprint density at radius 3 is 2.08 bits per heavy atom. The molecule has 0 aromatic carbocycles. The maximum atomic E-state index is 11.4. The van der Waals surface area contributed by atoms with Crippen LogP contribution in [0.1, 0.15) is 6.92 Å². The fourth-order valence-electron chi connectivity index (χ4n) is 1.10. The van der Waals surface area contributed by atoms with Gasteiger partial charge in [-0.05, 0) is 13.0 Å². The summed E-state index contributed by atoms with van der Waals surface area (Å²) in [5.74, 6) is -0.694. The predicted molar refractivity (Wildman–Crippen MR) is 44.8 cm³/mol. The van der Waals surface area contributed by atoms with Crippen LogP contribution in [0.3, 0.4) is 0 Å². The molecule has 0 unspecified atom stereocenters. The number of rotatable bonds is 2. The van der Waals surface area contributed by atoms with Crippen LogP contribution in [0, 0.1) is 0 Å². The molecule has 1 rings (SSSR count). The van der Waals surface area contributed by atoms with Gasteiger partial charge in [-0.1, -0.05) is 0 Å². The van der Waals surface area contributed by atoms with Crippen LogP contribution in [0.15, 0.2) is 23.2 Å². The second-order valence-corrected chi connectivity index (χ2v) is 2.59. The highest BCUT2D eigenvalue weighted by molar-refractivity contribution is 6.20. The topological polar surface area (TPSA) is 52.6 Å². The van der Waals surface area contributed by atoms with E-state index in [0.29, 0.717) is 5.57 Å². The van der Waals surface area contributed by atoms with E-state index in [-0.39, 0.29) is 23.1 Å². The van der Waals surface area contributed by atoms with Crippen LogP contribution in [-0.4, -0.2) is 25.8 Å². The smallest absolute Gasteiger partial charge is 0.227 e. The van der Waals surface area contributed by atoms with Crippen LogP contribution in [-0.2, 0) is 19.1 Å². The average molecular weight is 184 g/mol. The lowest BCUT2D eigenvalue weighted by atomic mass is 10.2. The normalized spacial score (nSPS) is 17.3. The van der Waals surface area contributed by atoms with Gasteiger partial charge < -0.3 is 9.47 Å². The Labute approximate surface area is 75.8 Å². The fraction of sp³-hybridized carbons (Fsp3) is 0.333. The van der Waals surface area contributed by atoms with Crippen molar-refractivity contribution in [3.05, 3.63) is 23.2 Å². The second-order valence-electron chi connectivity index (χ2n) is 2.59. The van der Waals surface area contributed by atoms with E-state index in [4.69, 9.17) is 9.47 Å². The number of carbonyl (C=O) groups excluding carboxylic acids is 2. The molecule has 0 N–H and O–H groups in total. The molecule has 1 aliphatic carbocycles. The summed E-state index contributed by atoms with van der Waals surface area (Å²) in [7, 11) is 2.66. The molecular weight excluding hydrogens is 174 g/mol. The van der Waals surface area contributed by atoms with E-state index in [1.165, 1.54) is 20.3 Å². The lowest BCUT2D eigenvalue weighted by molar-refractivity contribution is -0.120. The third-order valence-corrected chi connectivity index (χ3v) is 1.75. The molecule has 0 bridgehead atoms. The molecule has 0 radical (unpaired) electrons. The molecule has 4 heteroatoms. The zero-order valence-corrected chi connectivity index (χ0v) is 7.71. The van der Waals surface area contributed by atoms with Crippen LogP contribution in [0.4, 0.5) is 0 Å². The van der Waals surface area contributed by atoms with Crippen LogP contribution in [0.25, 0.3) is 0 Å². The Hall–Kier alpha value is -1.58. The third-order valence-electron chi connectivity index (χ3n) is 1.75. The SMILES string of the molecule is COC1=C(OC)C(=O)[13C](C)=[13CH]C1=O. The molecule has 0 spiro atoms. The van der Waals surface area contributed by atoms with Gasteiger partial charge in [-0.15, -0.1) is 0 Å². The quantitative estimate of drug-likeness (QED) is 0.465. The van der Waals surface area contributed by atoms with Crippen molar-refractivity contribution in [2.45, 2.75) is 6.92 Å². The van der Waals surface area contributed by atoms with E-state index in [1.54, 1.807) is 6.92 Å². The van der Waals surface area contributed by atoms with Crippen molar-refractivity contribution in [3.8, 4) is 0 Å². The zero-order chi connectivity index (χ0) is 10.0. The van der Waals surface area contributed by atoms with E-state index < -0.39 is 0 Å². The van der Waals surface area contributed by atoms with Crippen molar-refractivity contribution in [2.75, 3.05) is 14.2 Å². The first kappa shape index (κ1) is 9.51. The molecule has 4 nitrogen and oxygen atoms in total. The lowest BCUT2D eigenvalue weighted by Crippen LogP contribution is -2.20. The molecule has 0 heterocycles. The number of carbonyl (C=O) groups is 2. The maximum Gasteiger partial charge on any atom is 0.227 e. The van der Waals surface area contributed by atoms with Gasteiger partial charge in [0.05, 0.1) is 14.2 Å². The zero-order valence-electron chi connectivity index (χ0n) is 7.71. The summed E-state index contributed by atoms with van der Waals surface area (Å²) in [6, 6.07) is 0. The summed E-state index contributed by atoms with van der Waals surface area (Å²) in [5.41, 5.74) is 0.364. The Morgan fingerprint density at radius 2 is 1.62 bits per heavy atom. The van der Waals surface area contributed by atoms with Crippen molar-refractivity contribution in [1.29, 1.82) is 0 Å². The number of Topliss-reactive ketones (excluding diaryl/α,β-unsaturated/α-hetero) is 1. The van der Waals surface area contributed by atoms with E-state index >= 15 is 0 Å². The van der Waals surface area contributed by atoms with Crippen LogP contribution in [0.5, 0.6) is 0 Å². The third kappa shape index (κ3) is 1.47. The minimum Gasteiger partial charge on any atom is -0.490 e. The number of hydrogen-bond acceptors (Lipinski definition) is 4. The Balaban J connectivity index is 3.19. The molecule has 13 heavy (non-hydrogen) atoms. The van der Waals surface area contributed by atoms with Crippen molar-refractivity contribution in [2.24, 2.45) is 0 Å². The Kier molecular flexibility index (Phi) is 2.51. The molecule has 0 saturated carbocycles. The maximum absolute atomic E-state index is 11.4. The van der Waals surface area contributed by atoms with E-state index in [0.717, 1.165) is 0 Å². The van der Waals surface area contributed by atoms with Gasteiger partial charge in [0.2, 0.25) is 23.1 Å². The van der Waals surface area contributed by atoms with Crippen molar-refractivity contribution in [3.63, 3.8) is 0 Å². The molecule has 0 amide bonds. The predicted octanol–water partition coefficient (Wildman–Crippen LogP) is 0.589. The average Bonchev–Trinajstić information content (AvgIpc) is 2.10. The van der Waals surface area contributed by atoms with Gasteiger partial charge in [-0.3, -0.25) is 9.59 Å². The summed E-state index contributed by atoms with van der Waals surface area (Å²) in [4.78, 5) is 22.6. The Morgan fingerprint density at radius 1 is 1.08 bits per heavy atom. The molecule has 70 valence electrons. The fourth-order valence-corrected chi connectivity index (χ4v) is 1.10. The van der Waals surface area contributed by atoms with Gasteiger partial charge in [0.15, 0.2) is 0 Å². The number of ether oxygens (including phenoxy) is 2. The first-order valence-electron chi connectivity index (χ1n) is 3.71. The first-order chi connectivity index (χ1) is 6.11. The van der Waals surface area contributed by atoms with Gasteiger partial charge >= 0.3 is 0 Å². The van der Waals surface area contributed by atoms with Crippen LogP contribution >= 0.6 is 0 Å².